The van der Waals surface area contributed by atoms with E-state index in [-0.39, 0.29) is 16.3 Å². The molecule has 6 heteroatoms. The summed E-state index contributed by atoms with van der Waals surface area (Å²) in [5.41, 5.74) is 0.425. The lowest BCUT2D eigenvalue weighted by atomic mass is 10.1. The number of carbonyl (C=O) groups is 1. The fourth-order valence-corrected chi connectivity index (χ4v) is 3.74. The van der Waals surface area contributed by atoms with Gasteiger partial charge >= 0.3 is 5.63 Å². The van der Waals surface area contributed by atoms with Crippen LogP contribution in [0, 0.1) is 6.92 Å². The zero-order valence-corrected chi connectivity index (χ0v) is 13.9. The molecule has 0 aliphatic rings. The Bertz CT molecular complexity index is 1110. The van der Waals surface area contributed by atoms with Gasteiger partial charge in [-0.3, -0.25) is 4.79 Å². The van der Waals surface area contributed by atoms with Crippen molar-refractivity contribution in [2.45, 2.75) is 23.6 Å². The zero-order chi connectivity index (χ0) is 17.5. The molecule has 0 fully saturated rings. The molecule has 0 aliphatic carbocycles. The fourth-order valence-electron chi connectivity index (χ4n) is 2.46. The molecule has 2 aromatic carbocycles. The lowest BCUT2D eigenvalue weighted by Gasteiger charge is -2.07. The molecular weight excluding hydrogens is 328 g/mol. The van der Waals surface area contributed by atoms with Crippen LogP contribution in [-0.4, -0.2) is 14.2 Å². The Morgan fingerprint density at radius 3 is 2.33 bits per heavy atom. The summed E-state index contributed by atoms with van der Waals surface area (Å²) in [6, 6.07) is 12.0. The fraction of sp³-hybridized carbons (Fsp3) is 0.111. The van der Waals surface area contributed by atoms with Crippen molar-refractivity contribution in [1.82, 2.24) is 0 Å². The van der Waals surface area contributed by atoms with Crippen LogP contribution in [0.1, 0.15) is 22.8 Å². The largest absolute Gasteiger partial charge is 0.422 e. The van der Waals surface area contributed by atoms with Gasteiger partial charge in [0.1, 0.15) is 5.58 Å². The molecule has 24 heavy (non-hydrogen) atoms. The number of carbonyl (C=O) groups excluding carboxylic acids is 1. The van der Waals surface area contributed by atoms with E-state index in [1.807, 2.05) is 6.92 Å². The molecule has 0 atom stereocenters. The number of benzene rings is 2. The van der Waals surface area contributed by atoms with Gasteiger partial charge in [-0.25, -0.2) is 13.2 Å². The molecule has 0 radical (unpaired) electrons. The summed E-state index contributed by atoms with van der Waals surface area (Å²) in [4.78, 5) is 23.4. The molecule has 0 bridgehead atoms. The van der Waals surface area contributed by atoms with Crippen LogP contribution >= 0.6 is 0 Å². The van der Waals surface area contributed by atoms with E-state index in [1.165, 1.54) is 31.2 Å². The van der Waals surface area contributed by atoms with Gasteiger partial charge in [0, 0.05) is 10.9 Å². The Labute approximate surface area is 138 Å². The van der Waals surface area contributed by atoms with Gasteiger partial charge in [-0.15, -0.1) is 0 Å². The van der Waals surface area contributed by atoms with Gasteiger partial charge in [-0.2, -0.15) is 0 Å². The lowest BCUT2D eigenvalue weighted by Crippen LogP contribution is -2.14. The molecule has 0 amide bonds. The van der Waals surface area contributed by atoms with Crippen LogP contribution in [0.3, 0.4) is 0 Å². The van der Waals surface area contributed by atoms with Crippen molar-refractivity contribution in [2.75, 3.05) is 0 Å². The van der Waals surface area contributed by atoms with Gasteiger partial charge in [0.15, 0.2) is 10.7 Å². The van der Waals surface area contributed by atoms with E-state index in [0.717, 1.165) is 5.56 Å². The summed E-state index contributed by atoms with van der Waals surface area (Å²) in [7, 11) is -4.04. The molecule has 5 nitrogen and oxygen atoms in total. The van der Waals surface area contributed by atoms with E-state index < -0.39 is 20.4 Å². The van der Waals surface area contributed by atoms with Crippen LogP contribution in [0.15, 0.2) is 67.5 Å². The van der Waals surface area contributed by atoms with E-state index in [0.29, 0.717) is 10.9 Å². The first kappa shape index (κ1) is 16.1. The second-order valence-electron chi connectivity index (χ2n) is 5.49. The van der Waals surface area contributed by atoms with Gasteiger partial charge in [-0.1, -0.05) is 29.8 Å². The molecule has 1 heterocycles. The molecule has 3 aromatic rings. The molecule has 0 saturated carbocycles. The SMILES string of the molecule is CC(=O)c1cccc2oc(=O)c(S(=O)(=O)c3ccc(C)cc3)cc12. The summed E-state index contributed by atoms with van der Waals surface area (Å²) in [5, 5.41) is 0.301. The number of hydrogen-bond donors (Lipinski definition) is 0. The Hall–Kier alpha value is -2.73. The summed E-state index contributed by atoms with van der Waals surface area (Å²) in [5.74, 6) is -0.242. The second-order valence-corrected chi connectivity index (χ2v) is 7.41. The van der Waals surface area contributed by atoms with Crippen LogP contribution in [0.5, 0.6) is 0 Å². The summed E-state index contributed by atoms with van der Waals surface area (Å²) >= 11 is 0. The van der Waals surface area contributed by atoms with Crippen molar-refractivity contribution in [1.29, 1.82) is 0 Å². The highest BCUT2D eigenvalue weighted by Crippen LogP contribution is 2.24. The minimum atomic E-state index is -4.04. The quantitative estimate of drug-likeness (QED) is 0.539. The molecule has 0 spiro atoms. The van der Waals surface area contributed by atoms with E-state index in [1.54, 1.807) is 24.3 Å². The lowest BCUT2D eigenvalue weighted by molar-refractivity contribution is 0.101. The first-order chi connectivity index (χ1) is 11.3. The van der Waals surface area contributed by atoms with E-state index in [2.05, 4.69) is 0 Å². The highest BCUT2D eigenvalue weighted by atomic mass is 32.2. The van der Waals surface area contributed by atoms with Crippen molar-refractivity contribution in [3.05, 3.63) is 70.1 Å². The number of rotatable bonds is 3. The summed E-state index contributed by atoms with van der Waals surface area (Å²) < 4.78 is 30.6. The Morgan fingerprint density at radius 2 is 1.71 bits per heavy atom. The van der Waals surface area contributed by atoms with Crippen LogP contribution in [0.2, 0.25) is 0 Å². The van der Waals surface area contributed by atoms with Crippen molar-refractivity contribution in [3.8, 4) is 0 Å². The van der Waals surface area contributed by atoms with Crippen molar-refractivity contribution in [3.63, 3.8) is 0 Å². The second kappa shape index (κ2) is 5.72. The maximum absolute atomic E-state index is 12.7. The third-order valence-electron chi connectivity index (χ3n) is 3.75. The first-order valence-electron chi connectivity index (χ1n) is 7.20. The van der Waals surface area contributed by atoms with E-state index >= 15 is 0 Å². The molecule has 0 aliphatic heterocycles. The van der Waals surface area contributed by atoms with Crippen molar-refractivity contribution in [2.24, 2.45) is 0 Å². The molecular formula is C18H14O5S. The number of ketones is 1. The molecule has 0 N–H and O–H groups in total. The van der Waals surface area contributed by atoms with Crippen LogP contribution in [0.25, 0.3) is 11.0 Å². The summed E-state index contributed by atoms with van der Waals surface area (Å²) in [6.45, 7) is 3.20. The number of aryl methyl sites for hydroxylation is 1. The maximum atomic E-state index is 12.7. The minimum Gasteiger partial charge on any atom is -0.422 e. The standard InChI is InChI=1S/C18H14O5S/c1-11-6-8-13(9-7-11)24(21,22)17-10-15-14(12(2)19)4-3-5-16(15)23-18(17)20/h3-10H,1-2H3. The number of hydrogen-bond acceptors (Lipinski definition) is 5. The summed E-state index contributed by atoms with van der Waals surface area (Å²) in [6.07, 6.45) is 0. The number of Topliss-reactive ketones (excluding diaryl/α,β-unsaturated/α-hetero) is 1. The van der Waals surface area contributed by atoms with Crippen LogP contribution < -0.4 is 5.63 Å². The monoisotopic (exact) mass is 342 g/mol. The molecule has 0 saturated heterocycles. The minimum absolute atomic E-state index is 0.0000520. The molecule has 122 valence electrons. The van der Waals surface area contributed by atoms with Gasteiger partial charge in [0.05, 0.1) is 4.90 Å². The van der Waals surface area contributed by atoms with Crippen LogP contribution in [-0.2, 0) is 9.84 Å². The van der Waals surface area contributed by atoms with Gasteiger partial charge in [0.2, 0.25) is 9.84 Å². The average molecular weight is 342 g/mol. The topological polar surface area (TPSA) is 81.4 Å². The van der Waals surface area contributed by atoms with Crippen molar-refractivity contribution >= 4 is 26.6 Å². The predicted octanol–water partition coefficient (Wildman–Crippen LogP) is 3.14. The predicted molar refractivity (Wildman–Crippen MR) is 89.1 cm³/mol. The Kier molecular flexibility index (Phi) is 3.85. The molecule has 0 unspecified atom stereocenters. The smallest absolute Gasteiger partial charge is 0.355 e. The number of fused-ring (bicyclic) bond motifs is 1. The van der Waals surface area contributed by atoms with Gasteiger partial charge in [0.25, 0.3) is 0 Å². The van der Waals surface area contributed by atoms with Gasteiger partial charge in [-0.05, 0) is 38.1 Å². The normalized spacial score (nSPS) is 11.6. The number of sulfone groups is 1. The highest BCUT2D eigenvalue weighted by molar-refractivity contribution is 7.91. The van der Waals surface area contributed by atoms with Crippen LogP contribution in [0.4, 0.5) is 0 Å². The average Bonchev–Trinajstić information content (AvgIpc) is 2.53. The van der Waals surface area contributed by atoms with Crippen molar-refractivity contribution < 1.29 is 17.6 Å². The highest BCUT2D eigenvalue weighted by Gasteiger charge is 2.24. The third-order valence-corrected chi connectivity index (χ3v) is 5.50. The maximum Gasteiger partial charge on any atom is 0.355 e. The molecule has 1 aromatic heterocycles. The third kappa shape index (κ3) is 2.65. The van der Waals surface area contributed by atoms with E-state index in [9.17, 15) is 18.0 Å². The molecule has 3 rings (SSSR count). The Morgan fingerprint density at radius 1 is 1.04 bits per heavy atom. The zero-order valence-electron chi connectivity index (χ0n) is 13.1. The van der Waals surface area contributed by atoms with E-state index in [4.69, 9.17) is 4.42 Å². The van der Waals surface area contributed by atoms with Gasteiger partial charge < -0.3 is 4.42 Å². The Balaban J connectivity index is 2.31. The first-order valence-corrected chi connectivity index (χ1v) is 8.68.